The van der Waals surface area contributed by atoms with Gasteiger partial charge in [-0.25, -0.2) is 14.8 Å². The van der Waals surface area contributed by atoms with E-state index in [1.54, 1.807) is 20.8 Å². The van der Waals surface area contributed by atoms with Crippen molar-refractivity contribution >= 4 is 12.3 Å². The maximum atomic E-state index is 11.6. The van der Waals surface area contributed by atoms with Crippen LogP contribution in [-0.4, -0.2) is 28.8 Å². The number of aldehydes is 1. The Morgan fingerprint density at radius 2 is 1.30 bits per heavy atom. The second kappa shape index (κ2) is 10.5. The highest BCUT2D eigenvalue weighted by Gasteiger charge is 2.18. The van der Waals surface area contributed by atoms with Gasteiger partial charge in [0.05, 0.1) is 6.61 Å². The molecule has 0 saturated heterocycles. The van der Waals surface area contributed by atoms with E-state index in [1.807, 2.05) is 62.4 Å². The molecule has 4 rings (SSSR count). The fraction of sp³-hybridized carbons (Fsp3) is 0.231. The number of hydrogen-bond acceptors (Lipinski definition) is 7. The predicted octanol–water partition coefficient (Wildman–Crippen LogP) is 5.91. The smallest absolute Gasteiger partial charge is 0.360 e. The minimum absolute atomic E-state index is 0.243. The third-order valence-electron chi connectivity index (χ3n) is 4.81. The van der Waals surface area contributed by atoms with Crippen molar-refractivity contribution in [3.63, 3.8) is 0 Å². The molecule has 170 valence electrons. The Labute approximate surface area is 192 Å². The van der Waals surface area contributed by atoms with Gasteiger partial charge in [-0.2, -0.15) is 0 Å². The largest absolute Gasteiger partial charge is 0.461 e. The number of esters is 1. The van der Waals surface area contributed by atoms with Crippen molar-refractivity contribution in [2.75, 3.05) is 6.61 Å². The van der Waals surface area contributed by atoms with E-state index in [4.69, 9.17) is 13.6 Å². The highest BCUT2D eigenvalue weighted by Crippen LogP contribution is 2.23. The van der Waals surface area contributed by atoms with Gasteiger partial charge in [-0.1, -0.05) is 35.4 Å². The number of aryl methyl sites for hydroxylation is 4. The van der Waals surface area contributed by atoms with Gasteiger partial charge in [-0.3, -0.25) is 4.79 Å². The summed E-state index contributed by atoms with van der Waals surface area (Å²) < 4.78 is 15.8. The van der Waals surface area contributed by atoms with Gasteiger partial charge in [-0.15, -0.1) is 0 Å². The molecule has 2 heterocycles. The Bertz CT molecular complexity index is 1230. The maximum absolute atomic E-state index is 11.6. The molecule has 2 aromatic carbocycles. The summed E-state index contributed by atoms with van der Waals surface area (Å²) in [6, 6.07) is 15.6. The van der Waals surface area contributed by atoms with Gasteiger partial charge in [0.2, 0.25) is 11.8 Å². The minimum atomic E-state index is -0.447. The summed E-state index contributed by atoms with van der Waals surface area (Å²) in [5.41, 5.74) is 4.68. The summed E-state index contributed by atoms with van der Waals surface area (Å²) >= 11 is 0. The normalized spacial score (nSPS) is 10.3. The van der Waals surface area contributed by atoms with E-state index in [2.05, 4.69) is 9.97 Å². The summed E-state index contributed by atoms with van der Waals surface area (Å²) in [6.45, 7) is 9.54. The lowest BCUT2D eigenvalue weighted by molar-refractivity contribution is 0.0518. The van der Waals surface area contributed by atoms with Crippen molar-refractivity contribution in [2.45, 2.75) is 34.6 Å². The Hall–Kier alpha value is -4.00. The first-order valence-corrected chi connectivity index (χ1v) is 10.5. The zero-order valence-electron chi connectivity index (χ0n) is 19.3. The van der Waals surface area contributed by atoms with Crippen molar-refractivity contribution in [2.24, 2.45) is 0 Å². The zero-order valence-corrected chi connectivity index (χ0v) is 19.3. The summed E-state index contributed by atoms with van der Waals surface area (Å²) in [4.78, 5) is 30.5. The number of aromatic nitrogens is 2. The second-order valence-electron chi connectivity index (χ2n) is 7.45. The monoisotopic (exact) mass is 446 g/mol. The van der Waals surface area contributed by atoms with Gasteiger partial charge in [0.15, 0.2) is 12.0 Å². The van der Waals surface area contributed by atoms with Crippen LogP contribution in [0.4, 0.5) is 0 Å². The number of benzene rings is 2. The van der Waals surface area contributed by atoms with Crippen LogP contribution in [0, 0.1) is 27.7 Å². The Kier molecular flexibility index (Phi) is 7.56. The molecule has 7 nitrogen and oxygen atoms in total. The van der Waals surface area contributed by atoms with Crippen LogP contribution < -0.4 is 0 Å². The Balaban J connectivity index is 0.000000189. The molecule has 4 aromatic rings. The lowest BCUT2D eigenvalue weighted by Gasteiger charge is -1.96. The maximum Gasteiger partial charge on any atom is 0.360 e. The lowest BCUT2D eigenvalue weighted by Crippen LogP contribution is -2.06. The van der Waals surface area contributed by atoms with Crippen LogP contribution in [0.25, 0.3) is 22.9 Å². The summed E-state index contributed by atoms with van der Waals surface area (Å²) in [7, 11) is 0. The second-order valence-corrected chi connectivity index (χ2v) is 7.45. The average molecular weight is 447 g/mol. The molecule has 0 atom stereocenters. The topological polar surface area (TPSA) is 95.4 Å². The standard InChI is InChI=1S/C14H15NO3.C12H11NO2/c1-4-17-14(16)12-10(3)18-13(15-12)11-7-5-9(2)6-8-11;1-8-3-5-10(6-4-8)12-13-11(7-14)9(2)15-12/h5-8H,4H2,1-3H3;3-7H,1-2H3. The molecular weight excluding hydrogens is 420 g/mol. The van der Waals surface area contributed by atoms with E-state index in [-0.39, 0.29) is 5.69 Å². The highest BCUT2D eigenvalue weighted by atomic mass is 16.5. The molecule has 0 aliphatic carbocycles. The number of hydrogen-bond donors (Lipinski definition) is 0. The third kappa shape index (κ3) is 5.83. The fourth-order valence-electron chi connectivity index (χ4n) is 2.94. The van der Waals surface area contributed by atoms with Crippen molar-refractivity contribution in [3.8, 4) is 22.9 Å². The van der Waals surface area contributed by atoms with Crippen LogP contribution in [-0.2, 0) is 4.74 Å². The average Bonchev–Trinajstić information content (AvgIpc) is 3.38. The van der Waals surface area contributed by atoms with Crippen molar-refractivity contribution in [1.82, 2.24) is 9.97 Å². The van der Waals surface area contributed by atoms with E-state index in [0.717, 1.165) is 16.7 Å². The Morgan fingerprint density at radius 3 is 1.76 bits per heavy atom. The van der Waals surface area contributed by atoms with E-state index >= 15 is 0 Å². The molecule has 0 unspecified atom stereocenters. The van der Waals surface area contributed by atoms with E-state index in [0.29, 0.717) is 41.9 Å². The van der Waals surface area contributed by atoms with E-state index in [1.165, 1.54) is 5.56 Å². The molecule has 0 amide bonds. The van der Waals surface area contributed by atoms with Crippen molar-refractivity contribution < 1.29 is 23.2 Å². The Morgan fingerprint density at radius 1 is 0.818 bits per heavy atom. The van der Waals surface area contributed by atoms with Gasteiger partial charge in [0.1, 0.15) is 17.2 Å². The van der Waals surface area contributed by atoms with Gasteiger partial charge in [-0.05, 0) is 58.9 Å². The minimum Gasteiger partial charge on any atom is -0.461 e. The van der Waals surface area contributed by atoms with Crippen LogP contribution in [0.15, 0.2) is 57.4 Å². The first kappa shape index (κ1) is 23.7. The first-order chi connectivity index (χ1) is 15.8. The van der Waals surface area contributed by atoms with Crippen molar-refractivity contribution in [3.05, 3.63) is 82.6 Å². The molecule has 0 N–H and O–H groups in total. The predicted molar refractivity (Wildman–Crippen MR) is 124 cm³/mol. The number of rotatable bonds is 5. The highest BCUT2D eigenvalue weighted by molar-refractivity contribution is 5.88. The number of carbonyl (C=O) groups excluding carboxylic acids is 2. The number of ether oxygens (including phenoxy) is 1. The molecular formula is C26H26N2O5. The molecule has 0 spiro atoms. The summed E-state index contributed by atoms with van der Waals surface area (Å²) in [5, 5.41) is 0. The molecule has 0 aliphatic heterocycles. The van der Waals surface area contributed by atoms with E-state index < -0.39 is 5.97 Å². The molecule has 7 heteroatoms. The van der Waals surface area contributed by atoms with Crippen molar-refractivity contribution in [1.29, 1.82) is 0 Å². The molecule has 0 radical (unpaired) electrons. The first-order valence-electron chi connectivity index (χ1n) is 10.5. The number of nitrogens with zero attached hydrogens (tertiary/aromatic N) is 2. The molecule has 33 heavy (non-hydrogen) atoms. The lowest BCUT2D eigenvalue weighted by atomic mass is 10.1. The van der Waals surface area contributed by atoms with Gasteiger partial charge in [0.25, 0.3) is 0 Å². The van der Waals surface area contributed by atoms with Crippen LogP contribution in [0.5, 0.6) is 0 Å². The number of oxazole rings is 2. The quantitative estimate of drug-likeness (QED) is 0.278. The van der Waals surface area contributed by atoms with E-state index in [9.17, 15) is 9.59 Å². The van der Waals surface area contributed by atoms with Gasteiger partial charge in [0, 0.05) is 11.1 Å². The SMILES string of the molecule is CCOC(=O)c1nc(-c2ccc(C)cc2)oc1C.Cc1ccc(-c2nc(C=O)c(C)o2)cc1. The van der Waals surface area contributed by atoms with Gasteiger partial charge >= 0.3 is 5.97 Å². The molecule has 0 fully saturated rings. The molecule has 0 bridgehead atoms. The third-order valence-corrected chi connectivity index (χ3v) is 4.81. The molecule has 0 saturated carbocycles. The van der Waals surface area contributed by atoms with Crippen LogP contribution in [0.1, 0.15) is 50.5 Å². The van der Waals surface area contributed by atoms with Crippen LogP contribution in [0.3, 0.4) is 0 Å². The summed E-state index contributed by atoms with van der Waals surface area (Å²) in [6.07, 6.45) is 0.705. The van der Waals surface area contributed by atoms with Gasteiger partial charge < -0.3 is 13.6 Å². The molecule has 0 aliphatic rings. The number of carbonyl (C=O) groups is 2. The molecule has 2 aromatic heterocycles. The zero-order chi connectivity index (χ0) is 24.0. The van der Waals surface area contributed by atoms with Crippen LogP contribution >= 0.6 is 0 Å². The van der Waals surface area contributed by atoms with Crippen LogP contribution in [0.2, 0.25) is 0 Å². The fourth-order valence-corrected chi connectivity index (χ4v) is 2.94. The summed E-state index contributed by atoms with van der Waals surface area (Å²) in [5.74, 6) is 1.52.